The van der Waals surface area contributed by atoms with Crippen LogP contribution >= 0.6 is 0 Å². The van der Waals surface area contributed by atoms with Gasteiger partial charge in [-0.15, -0.1) is 0 Å². The van der Waals surface area contributed by atoms with Crippen LogP contribution in [0.3, 0.4) is 0 Å². The van der Waals surface area contributed by atoms with Crippen LogP contribution in [0.4, 0.5) is 5.69 Å². The van der Waals surface area contributed by atoms with E-state index < -0.39 is 6.04 Å². The Kier molecular flexibility index (Phi) is 4.86. The first-order chi connectivity index (χ1) is 15.0. The molecule has 0 saturated carbocycles. The molecule has 0 aromatic heterocycles. The highest BCUT2D eigenvalue weighted by atomic mass is 16.5. The number of amides is 3. The van der Waals surface area contributed by atoms with Crippen LogP contribution in [0.2, 0.25) is 0 Å². The highest BCUT2D eigenvalue weighted by Crippen LogP contribution is 2.34. The Morgan fingerprint density at radius 2 is 1.94 bits per heavy atom. The van der Waals surface area contributed by atoms with Gasteiger partial charge < -0.3 is 20.3 Å². The van der Waals surface area contributed by atoms with Gasteiger partial charge in [0.05, 0.1) is 12.2 Å². The lowest BCUT2D eigenvalue weighted by Gasteiger charge is -2.31. The molecule has 31 heavy (non-hydrogen) atoms. The molecule has 2 aromatic carbocycles. The Bertz CT molecular complexity index is 1080. The summed E-state index contributed by atoms with van der Waals surface area (Å²) in [6.07, 6.45) is 0.622. The van der Waals surface area contributed by atoms with Crippen LogP contribution in [0.1, 0.15) is 39.9 Å². The van der Waals surface area contributed by atoms with Gasteiger partial charge in [0.2, 0.25) is 11.8 Å². The molecule has 3 aliphatic heterocycles. The van der Waals surface area contributed by atoms with Crippen LogP contribution < -0.4 is 20.7 Å². The number of imide groups is 1. The molecule has 3 heterocycles. The second-order valence-corrected chi connectivity index (χ2v) is 8.17. The molecule has 1 fully saturated rings. The maximum atomic E-state index is 12.9. The van der Waals surface area contributed by atoms with Crippen molar-refractivity contribution in [2.75, 3.05) is 18.1 Å². The molecular weight excluding hydrogens is 396 g/mol. The van der Waals surface area contributed by atoms with Gasteiger partial charge in [-0.05, 0) is 41.3 Å². The van der Waals surface area contributed by atoms with Crippen LogP contribution in [-0.2, 0) is 29.2 Å². The first kappa shape index (κ1) is 19.6. The van der Waals surface area contributed by atoms with Crippen molar-refractivity contribution in [1.82, 2.24) is 10.2 Å². The van der Waals surface area contributed by atoms with Crippen LogP contribution in [0.25, 0.3) is 0 Å². The summed E-state index contributed by atoms with van der Waals surface area (Å²) in [5, 5.41) is 2.34. The lowest BCUT2D eigenvalue weighted by Crippen LogP contribution is -2.52. The number of carbonyl (C=O) groups is 3. The normalized spacial score (nSPS) is 20.3. The molecular formula is C23H24N4O4. The molecule has 160 valence electrons. The van der Waals surface area contributed by atoms with Gasteiger partial charge in [-0.25, -0.2) is 0 Å². The molecule has 8 nitrogen and oxygen atoms in total. The maximum Gasteiger partial charge on any atom is 0.255 e. The number of nitrogens with one attached hydrogen (secondary N) is 1. The highest BCUT2D eigenvalue weighted by Gasteiger charge is 2.39. The molecule has 0 aliphatic carbocycles. The number of nitrogens with zero attached hydrogens (tertiary/aromatic N) is 2. The van der Waals surface area contributed by atoms with E-state index in [4.69, 9.17) is 10.5 Å². The number of fused-ring (bicyclic) bond motifs is 2. The molecule has 3 amide bonds. The molecule has 0 spiro atoms. The van der Waals surface area contributed by atoms with Crippen LogP contribution in [-0.4, -0.2) is 41.8 Å². The first-order valence-corrected chi connectivity index (χ1v) is 10.5. The smallest absolute Gasteiger partial charge is 0.255 e. The summed E-state index contributed by atoms with van der Waals surface area (Å²) in [6.45, 7) is 2.92. The third kappa shape index (κ3) is 3.53. The number of benzene rings is 2. The van der Waals surface area contributed by atoms with Crippen LogP contribution in [0, 0.1) is 0 Å². The lowest BCUT2D eigenvalue weighted by molar-refractivity contribution is -0.136. The molecule has 1 atom stereocenters. The minimum Gasteiger partial charge on any atom is -0.490 e. The minimum atomic E-state index is -0.594. The summed E-state index contributed by atoms with van der Waals surface area (Å²) in [5.41, 5.74) is 10.4. The summed E-state index contributed by atoms with van der Waals surface area (Å²) in [7, 11) is 0. The van der Waals surface area contributed by atoms with Crippen molar-refractivity contribution in [3.8, 4) is 5.75 Å². The van der Waals surface area contributed by atoms with Crippen molar-refractivity contribution in [2.24, 2.45) is 5.73 Å². The van der Waals surface area contributed by atoms with Crippen molar-refractivity contribution >= 4 is 23.4 Å². The third-order valence-corrected chi connectivity index (χ3v) is 6.18. The Hall–Kier alpha value is -3.39. The van der Waals surface area contributed by atoms with Gasteiger partial charge in [0, 0.05) is 31.6 Å². The molecule has 1 saturated heterocycles. The standard InChI is InChI=1S/C23H24N4O4/c24-11-14-2-4-18-20(10-14)31-8-7-26(18)12-15-1-3-17-16(9-15)13-27(23(17)30)19-5-6-21(28)25-22(19)29/h1-4,9-10,19H,5-8,11-13,24H2,(H,25,28,29). The fourth-order valence-electron chi connectivity index (χ4n) is 4.56. The van der Waals surface area contributed by atoms with Gasteiger partial charge >= 0.3 is 0 Å². The van der Waals surface area contributed by atoms with Gasteiger partial charge in [-0.3, -0.25) is 19.7 Å². The molecule has 8 heteroatoms. The zero-order valence-corrected chi connectivity index (χ0v) is 17.1. The van der Waals surface area contributed by atoms with Gasteiger partial charge in [0.25, 0.3) is 5.91 Å². The van der Waals surface area contributed by atoms with Crippen molar-refractivity contribution in [3.63, 3.8) is 0 Å². The summed E-state index contributed by atoms with van der Waals surface area (Å²) in [5.74, 6) is 0.0214. The second-order valence-electron chi connectivity index (χ2n) is 8.17. The maximum absolute atomic E-state index is 12.9. The molecule has 5 rings (SSSR count). The number of nitrogens with two attached hydrogens (primary N) is 1. The summed E-state index contributed by atoms with van der Waals surface area (Å²) in [6, 6.07) is 11.3. The van der Waals surface area contributed by atoms with Gasteiger partial charge in [-0.2, -0.15) is 0 Å². The quantitative estimate of drug-likeness (QED) is 0.723. The molecule has 1 unspecified atom stereocenters. The van der Waals surface area contributed by atoms with E-state index in [0.717, 1.165) is 34.7 Å². The fourth-order valence-corrected chi connectivity index (χ4v) is 4.56. The van der Waals surface area contributed by atoms with E-state index >= 15 is 0 Å². The molecule has 0 bridgehead atoms. The Morgan fingerprint density at radius 1 is 1.10 bits per heavy atom. The summed E-state index contributed by atoms with van der Waals surface area (Å²) in [4.78, 5) is 40.4. The number of rotatable bonds is 4. The Morgan fingerprint density at radius 3 is 2.74 bits per heavy atom. The predicted molar refractivity (Wildman–Crippen MR) is 113 cm³/mol. The number of anilines is 1. The average Bonchev–Trinajstić information content (AvgIpc) is 3.09. The predicted octanol–water partition coefficient (Wildman–Crippen LogP) is 1.31. The Balaban J connectivity index is 1.35. The zero-order valence-electron chi connectivity index (χ0n) is 17.1. The Labute approximate surface area is 179 Å². The van der Waals surface area contributed by atoms with Crippen LogP contribution in [0.15, 0.2) is 36.4 Å². The zero-order chi connectivity index (χ0) is 21.5. The van der Waals surface area contributed by atoms with E-state index in [-0.39, 0.29) is 24.1 Å². The second kappa shape index (κ2) is 7.70. The average molecular weight is 420 g/mol. The summed E-state index contributed by atoms with van der Waals surface area (Å²) < 4.78 is 5.81. The number of piperidine rings is 1. The van der Waals surface area contributed by atoms with Gasteiger partial charge in [0.15, 0.2) is 0 Å². The number of ether oxygens (including phenoxy) is 1. The van der Waals surface area contributed by atoms with E-state index in [1.165, 1.54) is 0 Å². The molecule has 2 aromatic rings. The van der Waals surface area contributed by atoms with E-state index in [1.807, 2.05) is 36.4 Å². The van der Waals surface area contributed by atoms with Crippen molar-refractivity contribution < 1.29 is 19.1 Å². The highest BCUT2D eigenvalue weighted by molar-refractivity contribution is 6.05. The van der Waals surface area contributed by atoms with Gasteiger partial charge in [-0.1, -0.05) is 18.2 Å². The molecule has 3 aliphatic rings. The topological polar surface area (TPSA) is 105 Å². The SMILES string of the molecule is NCc1ccc2c(c1)OCCN2Cc1ccc2c(c1)CN(C1CCC(=O)NC1=O)C2=O. The van der Waals surface area contributed by atoms with Crippen molar-refractivity contribution in [1.29, 1.82) is 0 Å². The van der Waals surface area contributed by atoms with E-state index in [9.17, 15) is 14.4 Å². The van der Waals surface area contributed by atoms with Crippen molar-refractivity contribution in [3.05, 3.63) is 58.7 Å². The molecule has 3 N–H and O–H groups in total. The molecule has 0 radical (unpaired) electrons. The fraction of sp³-hybridized carbons (Fsp3) is 0.348. The monoisotopic (exact) mass is 420 g/mol. The summed E-state index contributed by atoms with van der Waals surface area (Å²) >= 11 is 0. The number of hydrogen-bond acceptors (Lipinski definition) is 6. The third-order valence-electron chi connectivity index (χ3n) is 6.18. The van der Waals surface area contributed by atoms with E-state index in [0.29, 0.717) is 38.2 Å². The van der Waals surface area contributed by atoms with E-state index in [1.54, 1.807) is 4.90 Å². The van der Waals surface area contributed by atoms with E-state index in [2.05, 4.69) is 10.2 Å². The van der Waals surface area contributed by atoms with Crippen molar-refractivity contribution in [2.45, 2.75) is 38.5 Å². The van der Waals surface area contributed by atoms with Gasteiger partial charge in [0.1, 0.15) is 18.4 Å². The number of hydrogen-bond donors (Lipinski definition) is 2. The lowest BCUT2D eigenvalue weighted by atomic mass is 10.0. The van der Waals surface area contributed by atoms with Crippen LogP contribution in [0.5, 0.6) is 5.75 Å². The number of carbonyl (C=O) groups excluding carboxylic acids is 3. The minimum absolute atomic E-state index is 0.151. The largest absolute Gasteiger partial charge is 0.490 e. The first-order valence-electron chi connectivity index (χ1n) is 10.5.